The molecule has 1 atom stereocenters. The van der Waals surface area contributed by atoms with Crippen LogP contribution in [0.3, 0.4) is 0 Å². The van der Waals surface area contributed by atoms with E-state index in [1.165, 1.54) is 0 Å². The molecule has 1 heterocycles. The number of Topliss-reactive ketones (excluding diaryl/α,β-unsaturated/α-hetero) is 1. The van der Waals surface area contributed by atoms with Gasteiger partial charge in [-0.1, -0.05) is 43.6 Å². The topological polar surface area (TPSA) is 85.2 Å². The van der Waals surface area contributed by atoms with E-state index >= 15 is 0 Å². The maximum atomic E-state index is 13.9. The molecule has 1 N–H and O–H groups in total. The van der Waals surface area contributed by atoms with Crippen LogP contribution in [0, 0.1) is 0 Å². The summed E-state index contributed by atoms with van der Waals surface area (Å²) in [5.41, 5.74) is 1.72. The third kappa shape index (κ3) is 5.97. The van der Waals surface area contributed by atoms with E-state index in [0.717, 1.165) is 29.5 Å². The van der Waals surface area contributed by atoms with Crippen LogP contribution in [0.2, 0.25) is 5.02 Å². The van der Waals surface area contributed by atoms with E-state index in [2.05, 4.69) is 4.99 Å². The predicted octanol–water partition coefficient (Wildman–Crippen LogP) is 7.09. The fraction of sp³-hybridized carbons (Fsp3) is 0.258. The lowest BCUT2D eigenvalue weighted by Crippen LogP contribution is -2.36. The minimum absolute atomic E-state index is 0.200. The average Bonchev–Trinajstić information content (AvgIpc) is 3.40. The lowest BCUT2D eigenvalue weighted by molar-refractivity contribution is 0.0696. The van der Waals surface area contributed by atoms with Gasteiger partial charge in [0, 0.05) is 18.2 Å². The average molecular weight is 532 g/mol. The molecule has 0 radical (unpaired) electrons. The van der Waals surface area contributed by atoms with Crippen LogP contribution in [0.25, 0.3) is 11.1 Å². The smallest absolute Gasteiger partial charge is 0.335 e. The number of carboxylic acids is 1. The van der Waals surface area contributed by atoms with Crippen LogP contribution in [0.1, 0.15) is 53.0 Å². The first kappa shape index (κ1) is 27.1. The normalized spacial score (nSPS) is 16.0. The van der Waals surface area contributed by atoms with Crippen LogP contribution >= 0.6 is 11.6 Å². The highest BCUT2D eigenvalue weighted by Crippen LogP contribution is 2.36. The molecule has 0 fully saturated rings. The summed E-state index contributed by atoms with van der Waals surface area (Å²) in [5, 5.41) is 9.73. The van der Waals surface area contributed by atoms with Crippen molar-refractivity contribution in [1.29, 1.82) is 0 Å². The molecule has 1 aliphatic rings. The lowest BCUT2D eigenvalue weighted by Gasteiger charge is -2.25. The van der Waals surface area contributed by atoms with Gasteiger partial charge in [-0.15, -0.1) is 0 Å². The number of halogens is 1. The predicted molar refractivity (Wildman–Crippen MR) is 150 cm³/mol. The van der Waals surface area contributed by atoms with Crippen LogP contribution in [-0.4, -0.2) is 41.8 Å². The maximum absolute atomic E-state index is 13.9. The number of hydrogen-bond acceptors (Lipinski definition) is 5. The summed E-state index contributed by atoms with van der Waals surface area (Å²) in [6, 6.07) is 17.5. The van der Waals surface area contributed by atoms with E-state index in [1.807, 2.05) is 38.1 Å². The van der Waals surface area contributed by atoms with Gasteiger partial charge in [0.2, 0.25) is 0 Å². The van der Waals surface area contributed by atoms with Gasteiger partial charge in [-0.3, -0.25) is 9.79 Å². The molecule has 0 saturated carbocycles. The lowest BCUT2D eigenvalue weighted by atomic mass is 9.83. The van der Waals surface area contributed by atoms with Crippen LogP contribution in [0.15, 0.2) is 77.8 Å². The largest absolute Gasteiger partial charge is 0.494 e. The van der Waals surface area contributed by atoms with Crippen molar-refractivity contribution in [3.8, 4) is 22.6 Å². The van der Waals surface area contributed by atoms with Crippen molar-refractivity contribution in [1.82, 2.24) is 0 Å². The van der Waals surface area contributed by atoms with E-state index in [9.17, 15) is 14.7 Å². The number of rotatable bonds is 12. The van der Waals surface area contributed by atoms with Crippen LogP contribution in [0.5, 0.6) is 11.5 Å². The van der Waals surface area contributed by atoms with Crippen molar-refractivity contribution >= 4 is 29.6 Å². The second-order valence-electron chi connectivity index (χ2n) is 9.11. The summed E-state index contributed by atoms with van der Waals surface area (Å²) >= 11 is 6.54. The Bertz CT molecular complexity index is 1380. The monoisotopic (exact) mass is 531 g/mol. The second kappa shape index (κ2) is 12.1. The fourth-order valence-electron chi connectivity index (χ4n) is 4.34. The first-order chi connectivity index (χ1) is 18.4. The SMILES string of the molecule is CCCOc1ccc(C(=O)C2(Cc3cc(-c4cccc(C(=O)O)c4)ccc3OCCC)C=CC=N2)c(Cl)c1. The Morgan fingerprint density at radius 1 is 0.947 bits per heavy atom. The molecular formula is C31H30ClNO5. The summed E-state index contributed by atoms with van der Waals surface area (Å²) in [5.74, 6) is 0.0451. The third-order valence-corrected chi connectivity index (χ3v) is 6.55. The van der Waals surface area contributed by atoms with E-state index in [4.69, 9.17) is 21.1 Å². The molecule has 0 spiro atoms. The summed E-state index contributed by atoms with van der Waals surface area (Å²) in [7, 11) is 0. The van der Waals surface area contributed by atoms with E-state index in [0.29, 0.717) is 35.3 Å². The van der Waals surface area contributed by atoms with Gasteiger partial charge in [0.1, 0.15) is 17.0 Å². The number of carbonyl (C=O) groups is 2. The molecule has 1 unspecified atom stereocenters. The molecule has 6 nitrogen and oxygen atoms in total. The van der Waals surface area contributed by atoms with E-state index < -0.39 is 11.5 Å². The highest BCUT2D eigenvalue weighted by Gasteiger charge is 2.39. The number of nitrogens with zero attached hydrogens (tertiary/aromatic N) is 1. The minimum Gasteiger partial charge on any atom is -0.494 e. The van der Waals surface area contributed by atoms with E-state index in [1.54, 1.807) is 54.8 Å². The van der Waals surface area contributed by atoms with Gasteiger partial charge in [-0.05, 0) is 84.1 Å². The highest BCUT2D eigenvalue weighted by atomic mass is 35.5. The molecule has 1 aliphatic heterocycles. The first-order valence-corrected chi connectivity index (χ1v) is 13.0. The molecule has 0 saturated heterocycles. The van der Waals surface area contributed by atoms with Crippen LogP contribution < -0.4 is 9.47 Å². The van der Waals surface area contributed by atoms with Gasteiger partial charge in [-0.2, -0.15) is 0 Å². The van der Waals surface area contributed by atoms with E-state index in [-0.39, 0.29) is 17.8 Å². The number of aromatic carboxylic acids is 1. The molecule has 0 aliphatic carbocycles. The Kier molecular flexibility index (Phi) is 8.64. The van der Waals surface area contributed by atoms with Crippen molar-refractivity contribution in [3.05, 3.63) is 94.5 Å². The van der Waals surface area contributed by atoms with Crippen LogP contribution in [0.4, 0.5) is 0 Å². The standard InChI is InChI=1S/C31H30ClNO5/c1-3-15-37-25-10-11-26(27(32)19-25)29(34)31(13-6-14-33-31)20-24-18-22(9-12-28(24)38-16-4-2)21-7-5-8-23(17-21)30(35)36/h5-14,17-19H,3-4,15-16,20H2,1-2H3,(H,35,36). The number of hydrogen-bond donors (Lipinski definition) is 1. The minimum atomic E-state index is -1.19. The number of ketones is 1. The zero-order valence-corrected chi connectivity index (χ0v) is 22.2. The number of benzene rings is 3. The quantitative estimate of drug-likeness (QED) is 0.252. The summed E-state index contributed by atoms with van der Waals surface area (Å²) in [6.07, 6.45) is 7.10. The zero-order valence-electron chi connectivity index (χ0n) is 21.4. The Hall–Kier alpha value is -3.90. The molecule has 38 heavy (non-hydrogen) atoms. The Morgan fingerprint density at radius 2 is 1.71 bits per heavy atom. The summed E-state index contributed by atoms with van der Waals surface area (Å²) < 4.78 is 11.7. The first-order valence-electron chi connectivity index (χ1n) is 12.7. The fourth-order valence-corrected chi connectivity index (χ4v) is 4.59. The number of ether oxygens (including phenoxy) is 2. The molecule has 4 rings (SSSR count). The van der Waals surface area contributed by atoms with Gasteiger partial charge in [0.05, 0.1) is 23.8 Å². The van der Waals surface area contributed by atoms with Gasteiger partial charge in [0.25, 0.3) is 0 Å². The summed E-state index contributed by atoms with van der Waals surface area (Å²) in [4.78, 5) is 30.0. The second-order valence-corrected chi connectivity index (χ2v) is 9.52. The zero-order chi connectivity index (χ0) is 27.1. The van der Waals surface area contributed by atoms with Gasteiger partial charge in [0.15, 0.2) is 5.78 Å². The third-order valence-electron chi connectivity index (χ3n) is 6.24. The molecule has 0 bridgehead atoms. The van der Waals surface area contributed by atoms with Crippen LogP contribution in [-0.2, 0) is 6.42 Å². The van der Waals surface area contributed by atoms with Gasteiger partial charge < -0.3 is 14.6 Å². The number of allylic oxidation sites excluding steroid dienone is 1. The molecular weight excluding hydrogens is 502 g/mol. The molecule has 3 aromatic rings. The van der Waals surface area contributed by atoms with Crippen molar-refractivity contribution in [2.24, 2.45) is 4.99 Å². The molecule has 7 heteroatoms. The molecule has 196 valence electrons. The maximum Gasteiger partial charge on any atom is 0.335 e. The van der Waals surface area contributed by atoms with Crippen molar-refractivity contribution in [2.75, 3.05) is 13.2 Å². The number of carboxylic acid groups (broad SMARTS) is 1. The molecule has 0 aromatic heterocycles. The van der Waals surface area contributed by atoms with Gasteiger partial charge in [-0.25, -0.2) is 4.79 Å². The molecule has 3 aromatic carbocycles. The van der Waals surface area contributed by atoms with Crippen molar-refractivity contribution < 1.29 is 24.2 Å². The number of carbonyl (C=O) groups excluding carboxylic acids is 1. The van der Waals surface area contributed by atoms with Crippen molar-refractivity contribution in [2.45, 2.75) is 38.6 Å². The molecule has 0 amide bonds. The number of aliphatic imine (C=N–C) groups is 1. The Labute approximate surface area is 227 Å². The highest BCUT2D eigenvalue weighted by molar-refractivity contribution is 6.34. The Morgan fingerprint density at radius 3 is 2.39 bits per heavy atom. The van der Waals surface area contributed by atoms with Gasteiger partial charge >= 0.3 is 5.97 Å². The summed E-state index contributed by atoms with van der Waals surface area (Å²) in [6.45, 7) is 5.12. The van der Waals surface area contributed by atoms with Crippen molar-refractivity contribution in [3.63, 3.8) is 0 Å². The Balaban J connectivity index is 1.72.